The summed E-state index contributed by atoms with van der Waals surface area (Å²) in [4.78, 5) is 19.5. The lowest BCUT2D eigenvalue weighted by molar-refractivity contribution is -0.124. The maximum atomic E-state index is 12.5. The molecule has 1 amide bonds. The van der Waals surface area contributed by atoms with Gasteiger partial charge in [-0.05, 0) is 68.2 Å². The number of allylic oxidation sites excluding steroid dienone is 2. The second kappa shape index (κ2) is 12.4. The molecule has 1 aliphatic rings. The number of thiophene rings is 1. The number of amides is 1. The molecular formula is C26H31Cl2N3OS. The molecule has 1 heterocycles. The van der Waals surface area contributed by atoms with Gasteiger partial charge < -0.3 is 11.1 Å². The van der Waals surface area contributed by atoms with Gasteiger partial charge in [-0.3, -0.25) is 4.79 Å². The lowest BCUT2D eigenvalue weighted by Crippen LogP contribution is -2.33. The first-order valence-electron chi connectivity index (χ1n) is 11.4. The van der Waals surface area contributed by atoms with E-state index in [9.17, 15) is 4.79 Å². The molecule has 3 rings (SSSR count). The van der Waals surface area contributed by atoms with E-state index < -0.39 is 0 Å². The molecule has 0 unspecified atom stereocenters. The third-order valence-electron chi connectivity index (χ3n) is 5.76. The fourth-order valence-electron chi connectivity index (χ4n) is 3.75. The fraction of sp³-hybridized carbons (Fsp3) is 0.385. The van der Waals surface area contributed by atoms with Gasteiger partial charge in [-0.15, -0.1) is 11.3 Å². The molecule has 1 saturated carbocycles. The maximum Gasteiger partial charge on any atom is 0.223 e. The molecule has 4 nitrogen and oxygen atoms in total. The lowest BCUT2D eigenvalue weighted by Gasteiger charge is -2.14. The molecule has 7 heteroatoms. The number of carbonyl (C=O) groups is 1. The van der Waals surface area contributed by atoms with Crippen LogP contribution in [0.5, 0.6) is 0 Å². The monoisotopic (exact) mass is 503 g/mol. The van der Waals surface area contributed by atoms with Gasteiger partial charge in [0.2, 0.25) is 5.91 Å². The standard InChI is InChI=1S/C26H31Cl2N3OS/c1-3-4-5-10-20-12-14-24(33-20)25(31-23-13-11-19(27)15-21(23)28)17(2)22(29)16-30-26(32)18-8-6-7-9-18/h5,10-15,18H,3-4,6-9,16,29H2,1-2H3,(H,30,32)/b10-5+,22-17?,31-25?. The smallest absolute Gasteiger partial charge is 0.223 e. The highest BCUT2D eigenvalue weighted by Crippen LogP contribution is 2.31. The maximum absolute atomic E-state index is 12.5. The second-order valence-electron chi connectivity index (χ2n) is 8.30. The largest absolute Gasteiger partial charge is 0.400 e. The topological polar surface area (TPSA) is 67.5 Å². The Morgan fingerprint density at radius 2 is 2.00 bits per heavy atom. The Balaban J connectivity index is 1.91. The summed E-state index contributed by atoms with van der Waals surface area (Å²) in [5, 5.41) is 4.04. The minimum Gasteiger partial charge on any atom is -0.400 e. The van der Waals surface area contributed by atoms with Crippen LogP contribution in [-0.2, 0) is 4.79 Å². The summed E-state index contributed by atoms with van der Waals surface area (Å²) in [6.07, 6.45) is 10.6. The number of nitrogens with one attached hydrogen (secondary N) is 1. The van der Waals surface area contributed by atoms with Crippen LogP contribution in [0.2, 0.25) is 10.0 Å². The van der Waals surface area contributed by atoms with Crippen molar-refractivity contribution in [2.24, 2.45) is 16.6 Å². The molecular weight excluding hydrogens is 473 g/mol. The van der Waals surface area contributed by atoms with Gasteiger partial charge in [0.15, 0.2) is 0 Å². The molecule has 33 heavy (non-hydrogen) atoms. The van der Waals surface area contributed by atoms with Crippen molar-refractivity contribution in [3.8, 4) is 0 Å². The number of aliphatic imine (C=N–C) groups is 1. The normalized spacial score (nSPS) is 15.8. The summed E-state index contributed by atoms with van der Waals surface area (Å²) in [5.74, 6) is 0.191. The molecule has 1 aromatic heterocycles. The van der Waals surface area contributed by atoms with Crippen LogP contribution in [0, 0.1) is 5.92 Å². The highest BCUT2D eigenvalue weighted by Gasteiger charge is 2.22. The fourth-order valence-corrected chi connectivity index (χ4v) is 5.19. The molecule has 0 atom stereocenters. The van der Waals surface area contributed by atoms with Gasteiger partial charge in [-0.2, -0.15) is 0 Å². The molecule has 3 N–H and O–H groups in total. The van der Waals surface area contributed by atoms with E-state index in [4.69, 9.17) is 33.9 Å². The van der Waals surface area contributed by atoms with Crippen molar-refractivity contribution in [2.75, 3.05) is 6.54 Å². The summed E-state index contributed by atoms with van der Waals surface area (Å²) < 4.78 is 0. The van der Waals surface area contributed by atoms with E-state index in [-0.39, 0.29) is 11.8 Å². The predicted octanol–water partition coefficient (Wildman–Crippen LogP) is 7.53. The van der Waals surface area contributed by atoms with E-state index in [0.29, 0.717) is 28.0 Å². The van der Waals surface area contributed by atoms with Gasteiger partial charge >= 0.3 is 0 Å². The first-order valence-corrected chi connectivity index (χ1v) is 13.0. The summed E-state index contributed by atoms with van der Waals surface area (Å²) in [5.41, 5.74) is 9.21. The summed E-state index contributed by atoms with van der Waals surface area (Å²) in [6.45, 7) is 4.39. The average molecular weight is 505 g/mol. The second-order valence-corrected chi connectivity index (χ2v) is 10.3. The Hall–Kier alpha value is -2.08. The van der Waals surface area contributed by atoms with Crippen LogP contribution < -0.4 is 11.1 Å². The van der Waals surface area contributed by atoms with Gasteiger partial charge in [0, 0.05) is 21.5 Å². The Labute approximate surface area is 210 Å². The van der Waals surface area contributed by atoms with Gasteiger partial charge in [-0.25, -0.2) is 4.99 Å². The number of nitrogens with two attached hydrogens (primary N) is 1. The Morgan fingerprint density at radius 1 is 1.24 bits per heavy atom. The van der Waals surface area contributed by atoms with E-state index in [1.54, 1.807) is 29.5 Å². The van der Waals surface area contributed by atoms with Crippen molar-refractivity contribution >= 4 is 57.9 Å². The van der Waals surface area contributed by atoms with Crippen molar-refractivity contribution < 1.29 is 4.79 Å². The van der Waals surface area contributed by atoms with Crippen molar-refractivity contribution in [2.45, 2.75) is 52.4 Å². The molecule has 0 spiro atoms. The Bertz CT molecular complexity index is 1070. The molecule has 0 radical (unpaired) electrons. The van der Waals surface area contributed by atoms with Gasteiger partial charge in [0.05, 0.1) is 27.8 Å². The van der Waals surface area contributed by atoms with Gasteiger partial charge in [-0.1, -0.05) is 55.5 Å². The Kier molecular flexibility index (Phi) is 9.60. The predicted molar refractivity (Wildman–Crippen MR) is 143 cm³/mol. The summed E-state index contributed by atoms with van der Waals surface area (Å²) >= 11 is 14.1. The molecule has 2 aromatic rings. The zero-order valence-corrected chi connectivity index (χ0v) is 21.5. The molecule has 1 aromatic carbocycles. The van der Waals surface area contributed by atoms with Crippen molar-refractivity contribution in [3.63, 3.8) is 0 Å². The highest BCUT2D eigenvalue weighted by atomic mass is 35.5. The van der Waals surface area contributed by atoms with Crippen LogP contribution in [0.1, 0.15) is 62.1 Å². The minimum absolute atomic E-state index is 0.0851. The molecule has 0 aliphatic heterocycles. The molecule has 1 aliphatic carbocycles. The summed E-state index contributed by atoms with van der Waals surface area (Å²) in [6, 6.07) is 9.37. The van der Waals surface area contributed by atoms with E-state index >= 15 is 0 Å². The third-order valence-corrected chi connectivity index (χ3v) is 7.35. The molecule has 176 valence electrons. The van der Waals surface area contributed by atoms with Gasteiger partial charge in [0.25, 0.3) is 0 Å². The first kappa shape index (κ1) is 25.5. The number of hydrogen-bond donors (Lipinski definition) is 2. The lowest BCUT2D eigenvalue weighted by atomic mass is 10.1. The minimum atomic E-state index is 0.0851. The highest BCUT2D eigenvalue weighted by molar-refractivity contribution is 7.15. The van der Waals surface area contributed by atoms with Crippen LogP contribution in [0.4, 0.5) is 5.69 Å². The molecule has 1 fully saturated rings. The van der Waals surface area contributed by atoms with Crippen LogP contribution >= 0.6 is 34.5 Å². The van der Waals surface area contributed by atoms with E-state index in [2.05, 4.69) is 30.5 Å². The SMILES string of the molecule is CCC/C=C/c1ccc(C(=Nc2ccc(Cl)cc2Cl)C(C)=C(N)CNC(=O)C2CCCC2)s1. The first-order chi connectivity index (χ1) is 15.9. The number of carbonyl (C=O) groups excluding carboxylic acids is 1. The number of halogens is 2. The number of unbranched alkanes of at least 4 members (excludes halogenated alkanes) is 1. The van der Waals surface area contributed by atoms with Crippen molar-refractivity contribution in [1.82, 2.24) is 5.32 Å². The number of nitrogens with zero attached hydrogens (tertiary/aromatic N) is 1. The zero-order chi connectivity index (χ0) is 23.8. The van der Waals surface area contributed by atoms with E-state index in [0.717, 1.165) is 59.6 Å². The zero-order valence-electron chi connectivity index (χ0n) is 19.2. The van der Waals surface area contributed by atoms with Crippen molar-refractivity contribution in [3.05, 3.63) is 67.5 Å². The average Bonchev–Trinajstić information content (AvgIpc) is 3.49. The summed E-state index contributed by atoms with van der Waals surface area (Å²) in [7, 11) is 0. The van der Waals surface area contributed by atoms with Crippen LogP contribution in [0.15, 0.2) is 52.7 Å². The Morgan fingerprint density at radius 3 is 2.70 bits per heavy atom. The third kappa shape index (κ3) is 7.20. The van der Waals surface area contributed by atoms with Crippen molar-refractivity contribution in [1.29, 1.82) is 0 Å². The quantitative estimate of drug-likeness (QED) is 0.347. The molecule has 0 saturated heterocycles. The van der Waals surface area contributed by atoms with Gasteiger partial charge in [0.1, 0.15) is 0 Å². The van der Waals surface area contributed by atoms with E-state index in [1.807, 2.05) is 13.0 Å². The molecule has 0 bridgehead atoms. The van der Waals surface area contributed by atoms with Crippen LogP contribution in [0.25, 0.3) is 6.08 Å². The van der Waals surface area contributed by atoms with Crippen LogP contribution in [0.3, 0.4) is 0 Å². The van der Waals surface area contributed by atoms with Crippen LogP contribution in [-0.4, -0.2) is 18.2 Å². The number of rotatable bonds is 9. The number of hydrogen-bond acceptors (Lipinski definition) is 4. The number of benzene rings is 1. The van der Waals surface area contributed by atoms with E-state index in [1.165, 1.54) is 0 Å².